The number of benzene rings is 4. The van der Waals surface area contributed by atoms with E-state index in [9.17, 15) is 24.6 Å². The zero-order chi connectivity index (χ0) is 42.7. The first kappa shape index (κ1) is 39.2. The lowest BCUT2D eigenvalue weighted by Crippen LogP contribution is -2.53. The first-order valence-electron chi connectivity index (χ1n) is 20.1. The Labute approximate surface area is 352 Å². The van der Waals surface area contributed by atoms with Crippen molar-refractivity contribution in [2.45, 2.75) is 18.6 Å². The third-order valence-corrected chi connectivity index (χ3v) is 12.1. The highest BCUT2D eigenvalue weighted by atomic mass is 16.5. The van der Waals surface area contributed by atoms with Gasteiger partial charge in [-0.1, -0.05) is 36.4 Å². The number of aromatic nitrogens is 2. The minimum absolute atomic E-state index is 0.0748. The largest absolute Gasteiger partial charge is 0.459 e. The number of nitrogens with zero attached hydrogens (tertiary/aromatic N) is 6. The third-order valence-electron chi connectivity index (χ3n) is 12.1. The summed E-state index contributed by atoms with van der Waals surface area (Å²) >= 11 is 0. The molecule has 5 aromatic rings. The highest BCUT2D eigenvalue weighted by Crippen LogP contribution is 2.57. The molecule has 4 N–H and O–H groups in total. The number of anilines is 3. The van der Waals surface area contributed by atoms with Gasteiger partial charge in [0.25, 0.3) is 5.91 Å². The number of hydrogen-bond acceptors (Lipinski definition) is 12. The number of carbonyl (C=O) groups is 4. The van der Waals surface area contributed by atoms with Crippen molar-refractivity contribution in [2.24, 2.45) is 11.8 Å². The number of rotatable bonds is 10. The molecule has 15 nitrogen and oxygen atoms in total. The van der Waals surface area contributed by atoms with Crippen LogP contribution in [0, 0.1) is 17.2 Å². The molecule has 3 aliphatic heterocycles. The molecule has 0 radical (unpaired) electrons. The number of ketones is 1. The van der Waals surface area contributed by atoms with E-state index in [1.165, 1.54) is 6.20 Å². The number of Topliss-reactive ketones (excluding diaryl/α,β-unsaturated/α-hetero) is 1. The summed E-state index contributed by atoms with van der Waals surface area (Å²) in [4.78, 5) is 68.9. The highest BCUT2D eigenvalue weighted by Gasteiger charge is 2.56. The van der Waals surface area contributed by atoms with Crippen molar-refractivity contribution in [1.29, 1.82) is 5.41 Å². The summed E-state index contributed by atoms with van der Waals surface area (Å²) in [5.74, 6) is 0.414. The fraction of sp³-hybridized carbons (Fsp3) is 0.283. The van der Waals surface area contributed by atoms with Crippen molar-refractivity contribution in [3.05, 3.63) is 130 Å². The molecular weight excluding hydrogens is 775 g/mol. The van der Waals surface area contributed by atoms with Crippen LogP contribution in [0.5, 0.6) is 17.5 Å². The molecule has 0 saturated carbocycles. The lowest BCUT2D eigenvalue weighted by atomic mass is 9.67. The number of amides is 3. The molecule has 9 rings (SSSR count). The summed E-state index contributed by atoms with van der Waals surface area (Å²) in [6, 6.07) is 25.8. The molecule has 4 aromatic carbocycles. The molecule has 1 aliphatic carbocycles. The summed E-state index contributed by atoms with van der Waals surface area (Å²) < 4.78 is 12.4. The van der Waals surface area contributed by atoms with Crippen LogP contribution in [0.2, 0.25) is 0 Å². The molecule has 2 fully saturated rings. The van der Waals surface area contributed by atoms with Crippen LogP contribution in [0.4, 0.5) is 17.2 Å². The van der Waals surface area contributed by atoms with Crippen LogP contribution in [0.15, 0.2) is 91.1 Å². The Bertz CT molecular complexity index is 2550. The Hall–Kier alpha value is -7.29. The number of carbonyl (C=O) groups excluding carboxylic acids is 4. The molecule has 0 atom stereocenters. The van der Waals surface area contributed by atoms with Gasteiger partial charge in [0.2, 0.25) is 17.6 Å². The van der Waals surface area contributed by atoms with E-state index in [0.29, 0.717) is 71.3 Å². The van der Waals surface area contributed by atoms with E-state index in [1.54, 1.807) is 62.3 Å². The lowest BCUT2D eigenvalue weighted by Gasteiger charge is -2.43. The average molecular weight is 820 g/mol. The van der Waals surface area contributed by atoms with Gasteiger partial charge in [0, 0.05) is 113 Å². The van der Waals surface area contributed by atoms with Crippen LogP contribution in [-0.4, -0.2) is 103 Å². The third kappa shape index (κ3) is 6.75. The number of nitrogens with one attached hydrogen (secondary N) is 2. The van der Waals surface area contributed by atoms with Crippen molar-refractivity contribution < 1.29 is 28.7 Å². The normalized spacial score (nSPS) is 16.1. The minimum Gasteiger partial charge on any atom is -0.459 e. The van der Waals surface area contributed by atoms with Crippen LogP contribution in [0.25, 0.3) is 0 Å². The number of nitrogen functional groups attached to an aromatic ring is 1. The van der Waals surface area contributed by atoms with Crippen molar-refractivity contribution in [3.63, 3.8) is 0 Å². The van der Waals surface area contributed by atoms with Gasteiger partial charge < -0.3 is 40.1 Å². The Morgan fingerprint density at radius 2 is 1.38 bits per heavy atom. The topological polar surface area (TPSA) is 187 Å². The summed E-state index contributed by atoms with van der Waals surface area (Å²) in [5, 5.41) is 12.6. The van der Waals surface area contributed by atoms with E-state index in [4.69, 9.17) is 15.2 Å². The van der Waals surface area contributed by atoms with Gasteiger partial charge in [-0.15, -0.1) is 0 Å². The zero-order valence-electron chi connectivity index (χ0n) is 34.3. The van der Waals surface area contributed by atoms with Gasteiger partial charge in [-0.3, -0.25) is 24.6 Å². The summed E-state index contributed by atoms with van der Waals surface area (Å²) in [6.07, 6.45) is 1.53. The van der Waals surface area contributed by atoms with Gasteiger partial charge in [-0.05, 0) is 53.1 Å². The Morgan fingerprint density at radius 1 is 0.803 bits per heavy atom. The average Bonchev–Trinajstić information content (AvgIpc) is 3.43. The molecule has 310 valence electrons. The van der Waals surface area contributed by atoms with Gasteiger partial charge in [0.05, 0.1) is 23.0 Å². The molecule has 1 aromatic heterocycles. The number of ether oxygens (including phenoxy) is 2. The number of fused-ring (bicyclic) bond motifs is 6. The van der Waals surface area contributed by atoms with Crippen molar-refractivity contribution in [3.8, 4) is 17.5 Å². The standard InChI is InChI=1S/C46H45N9O6/c1-52(2)43(58)29-21-54(22-29)31-10-13-34-37(18-31)61-38-19-32(55-23-30(24-55)44(59)53(3)4)11-14-35(38)46(34)36-17-28(9-12-33(36)40(56)41(46)48)42(57)50-20-26-5-7-27(8-6-26)25-60-45-49-16-15-39(47)51-45/h5-19,29-30,48H,20-25H2,1-4H3,(H,50,57)(H2,47,49,51). The second-order valence-corrected chi connectivity index (χ2v) is 16.4. The Balaban J connectivity index is 1.02. The number of nitrogens with two attached hydrogens (primary N) is 1. The Kier molecular flexibility index (Phi) is 9.68. The fourth-order valence-corrected chi connectivity index (χ4v) is 8.69. The second-order valence-electron chi connectivity index (χ2n) is 16.4. The summed E-state index contributed by atoms with van der Waals surface area (Å²) in [5.41, 5.74) is 10.1. The molecule has 4 aliphatic rings. The van der Waals surface area contributed by atoms with Crippen LogP contribution in [-0.2, 0) is 28.2 Å². The molecule has 0 bridgehead atoms. The maximum absolute atomic E-state index is 14.1. The highest BCUT2D eigenvalue weighted by molar-refractivity contribution is 6.53. The van der Waals surface area contributed by atoms with Crippen molar-refractivity contribution in [1.82, 2.24) is 25.1 Å². The van der Waals surface area contributed by atoms with Gasteiger partial charge in [0.1, 0.15) is 23.9 Å². The van der Waals surface area contributed by atoms with E-state index in [-0.39, 0.29) is 54.4 Å². The van der Waals surface area contributed by atoms with E-state index in [0.717, 1.165) is 22.5 Å². The van der Waals surface area contributed by atoms with Crippen LogP contribution in [0.1, 0.15) is 48.5 Å². The first-order chi connectivity index (χ1) is 29.3. The molecule has 4 heterocycles. The van der Waals surface area contributed by atoms with Crippen LogP contribution < -0.4 is 30.3 Å². The van der Waals surface area contributed by atoms with Crippen molar-refractivity contribution >= 4 is 46.4 Å². The van der Waals surface area contributed by atoms with Crippen molar-refractivity contribution in [2.75, 3.05) is 69.9 Å². The van der Waals surface area contributed by atoms with Gasteiger partial charge in [0.15, 0.2) is 0 Å². The Morgan fingerprint density at radius 3 is 1.93 bits per heavy atom. The maximum Gasteiger partial charge on any atom is 0.318 e. The number of hydrogen-bond donors (Lipinski definition) is 3. The monoisotopic (exact) mass is 819 g/mol. The van der Waals surface area contributed by atoms with E-state index < -0.39 is 11.2 Å². The van der Waals surface area contributed by atoms with E-state index in [2.05, 4.69) is 25.1 Å². The second kappa shape index (κ2) is 15.1. The van der Waals surface area contributed by atoms with Crippen LogP contribution >= 0.6 is 0 Å². The molecule has 2 saturated heterocycles. The predicted molar refractivity (Wildman–Crippen MR) is 229 cm³/mol. The molecule has 0 unspecified atom stereocenters. The molecule has 61 heavy (non-hydrogen) atoms. The van der Waals surface area contributed by atoms with Gasteiger partial charge in [-0.2, -0.15) is 4.98 Å². The quantitative estimate of drug-likeness (QED) is 0.183. The zero-order valence-corrected chi connectivity index (χ0v) is 34.3. The summed E-state index contributed by atoms with van der Waals surface area (Å²) in [7, 11) is 7.02. The van der Waals surface area contributed by atoms with Gasteiger partial charge in [-0.25, -0.2) is 4.98 Å². The SMILES string of the molecule is CN(C)C(=O)C1CN(c2ccc3c(c2)Oc2cc(N4CC(C(=O)N(C)C)C4)ccc2C32C(=N)C(=O)c3ccc(C(=O)NCc4ccc(COc5nccc(N)n5)cc4)cc32)C1. The molecule has 1 spiro atoms. The first-order valence-corrected chi connectivity index (χ1v) is 20.1. The summed E-state index contributed by atoms with van der Waals surface area (Å²) in [6.45, 7) is 2.70. The van der Waals surface area contributed by atoms with Gasteiger partial charge >= 0.3 is 6.01 Å². The fourth-order valence-electron chi connectivity index (χ4n) is 8.69. The maximum atomic E-state index is 14.1. The molecule has 15 heteroatoms. The minimum atomic E-state index is -1.38. The van der Waals surface area contributed by atoms with E-state index in [1.807, 2.05) is 60.7 Å². The molecule has 3 amide bonds. The predicted octanol–water partition coefficient (Wildman–Crippen LogP) is 4.27. The smallest absolute Gasteiger partial charge is 0.318 e. The lowest BCUT2D eigenvalue weighted by molar-refractivity contribution is -0.134. The van der Waals surface area contributed by atoms with Crippen LogP contribution in [0.3, 0.4) is 0 Å². The van der Waals surface area contributed by atoms with E-state index >= 15 is 0 Å². The molecular formula is C46H45N9O6.